The molecule has 0 N–H and O–H groups in total. The second-order valence-electron chi connectivity index (χ2n) is 6.43. The van der Waals surface area contributed by atoms with E-state index in [0.29, 0.717) is 0 Å². The van der Waals surface area contributed by atoms with Crippen LogP contribution in [0.15, 0.2) is 91.0 Å². The fraction of sp³-hybridized carbons (Fsp3) is 0.0400. The van der Waals surface area contributed by atoms with Gasteiger partial charge in [0.15, 0.2) is 0 Å². The summed E-state index contributed by atoms with van der Waals surface area (Å²) in [6.07, 6.45) is 6.78. The molecule has 0 saturated heterocycles. The molecular formula is C25H17. The fourth-order valence-electron chi connectivity index (χ4n) is 3.84. The summed E-state index contributed by atoms with van der Waals surface area (Å²) in [7, 11) is 0. The molecule has 1 aliphatic rings. The molecule has 4 aromatic carbocycles. The molecule has 0 fully saturated rings. The highest BCUT2D eigenvalue weighted by molar-refractivity contribution is 6.15. The monoisotopic (exact) mass is 317 g/mol. The molecule has 25 heavy (non-hydrogen) atoms. The third-order valence-corrected chi connectivity index (χ3v) is 4.99. The van der Waals surface area contributed by atoms with Crippen molar-refractivity contribution in [1.29, 1.82) is 0 Å². The lowest BCUT2D eigenvalue weighted by molar-refractivity contribution is 1.40. The van der Waals surface area contributed by atoms with Gasteiger partial charge in [0.05, 0.1) is 0 Å². The SMILES string of the molecule is [C]1=C(c2cccc3ccccc23)C(c2cccc3ccccc23)=CC1. The van der Waals surface area contributed by atoms with Crippen molar-refractivity contribution in [3.63, 3.8) is 0 Å². The average Bonchev–Trinajstić information content (AvgIpc) is 3.16. The van der Waals surface area contributed by atoms with Gasteiger partial charge in [0.25, 0.3) is 0 Å². The molecule has 0 aromatic heterocycles. The lowest BCUT2D eigenvalue weighted by atomic mass is 9.89. The highest BCUT2D eigenvalue weighted by atomic mass is 14.2. The van der Waals surface area contributed by atoms with Crippen LogP contribution in [0.2, 0.25) is 0 Å². The first-order chi connectivity index (χ1) is 12.4. The van der Waals surface area contributed by atoms with E-state index in [1.165, 1.54) is 43.8 Å². The standard InChI is InChI=1S/C25H17/c1-3-12-20-18(8-1)10-5-14-22(20)24-16-7-17-25(24)23-15-6-11-19-9-2-4-13-21(19)23/h1-6,8-16H,7H2. The van der Waals surface area contributed by atoms with Crippen LogP contribution in [0, 0.1) is 6.08 Å². The quantitative estimate of drug-likeness (QED) is 0.387. The van der Waals surface area contributed by atoms with Crippen LogP contribution in [0.1, 0.15) is 17.5 Å². The Morgan fingerprint density at radius 3 is 1.84 bits per heavy atom. The van der Waals surface area contributed by atoms with E-state index >= 15 is 0 Å². The zero-order chi connectivity index (χ0) is 16.6. The molecule has 0 nitrogen and oxygen atoms in total. The number of allylic oxidation sites excluding steroid dienone is 4. The molecule has 117 valence electrons. The van der Waals surface area contributed by atoms with Gasteiger partial charge in [-0.2, -0.15) is 0 Å². The summed E-state index contributed by atoms with van der Waals surface area (Å²) < 4.78 is 0. The van der Waals surface area contributed by atoms with Crippen molar-refractivity contribution in [3.05, 3.63) is 108 Å². The molecule has 1 aliphatic carbocycles. The second-order valence-corrected chi connectivity index (χ2v) is 6.43. The number of fused-ring (bicyclic) bond motifs is 2. The van der Waals surface area contributed by atoms with Gasteiger partial charge in [0.2, 0.25) is 0 Å². The van der Waals surface area contributed by atoms with Crippen molar-refractivity contribution in [2.45, 2.75) is 6.42 Å². The van der Waals surface area contributed by atoms with E-state index in [9.17, 15) is 0 Å². The van der Waals surface area contributed by atoms with E-state index in [1.807, 2.05) is 0 Å². The molecule has 0 unspecified atom stereocenters. The van der Waals surface area contributed by atoms with Crippen LogP contribution in [-0.2, 0) is 0 Å². The molecule has 5 rings (SSSR count). The smallest absolute Gasteiger partial charge is 0.00637 e. The molecule has 0 bridgehead atoms. The highest BCUT2D eigenvalue weighted by Crippen LogP contribution is 2.40. The Kier molecular flexibility index (Phi) is 3.28. The molecular weight excluding hydrogens is 300 g/mol. The van der Waals surface area contributed by atoms with Crippen LogP contribution >= 0.6 is 0 Å². The van der Waals surface area contributed by atoms with Gasteiger partial charge in [-0.25, -0.2) is 0 Å². The number of rotatable bonds is 2. The molecule has 0 amide bonds. The molecule has 1 radical (unpaired) electrons. The van der Waals surface area contributed by atoms with E-state index in [1.54, 1.807) is 0 Å². The number of hydrogen-bond donors (Lipinski definition) is 0. The Morgan fingerprint density at radius 2 is 1.12 bits per heavy atom. The van der Waals surface area contributed by atoms with Gasteiger partial charge < -0.3 is 0 Å². The third-order valence-electron chi connectivity index (χ3n) is 4.99. The zero-order valence-electron chi connectivity index (χ0n) is 13.9. The van der Waals surface area contributed by atoms with Crippen LogP contribution < -0.4 is 0 Å². The predicted molar refractivity (Wildman–Crippen MR) is 107 cm³/mol. The summed E-state index contributed by atoms with van der Waals surface area (Å²) in [5, 5.41) is 5.15. The predicted octanol–water partition coefficient (Wildman–Crippen LogP) is 6.67. The summed E-state index contributed by atoms with van der Waals surface area (Å²) in [4.78, 5) is 0. The van der Waals surface area contributed by atoms with Gasteiger partial charge in [0.1, 0.15) is 0 Å². The normalized spacial score (nSPS) is 13.9. The van der Waals surface area contributed by atoms with Gasteiger partial charge in [-0.05, 0) is 56.3 Å². The Balaban J connectivity index is 1.72. The van der Waals surface area contributed by atoms with Crippen LogP contribution in [0.5, 0.6) is 0 Å². The summed E-state index contributed by atoms with van der Waals surface area (Å²) in [5.41, 5.74) is 5.10. The van der Waals surface area contributed by atoms with Crippen LogP contribution in [-0.4, -0.2) is 0 Å². The van der Waals surface area contributed by atoms with Crippen molar-refractivity contribution < 1.29 is 0 Å². The second kappa shape index (κ2) is 5.75. The average molecular weight is 317 g/mol. The van der Waals surface area contributed by atoms with Crippen molar-refractivity contribution in [2.75, 3.05) is 0 Å². The summed E-state index contributed by atoms with van der Waals surface area (Å²) in [6, 6.07) is 30.3. The Bertz CT molecular complexity index is 1050. The first kappa shape index (κ1) is 14.2. The van der Waals surface area contributed by atoms with E-state index in [4.69, 9.17) is 0 Å². The minimum atomic E-state index is 0.872. The van der Waals surface area contributed by atoms with Crippen molar-refractivity contribution in [2.24, 2.45) is 0 Å². The zero-order valence-corrected chi connectivity index (χ0v) is 13.9. The molecule has 0 saturated carbocycles. The van der Waals surface area contributed by atoms with Gasteiger partial charge in [-0.3, -0.25) is 0 Å². The molecule has 0 atom stereocenters. The molecule has 0 aliphatic heterocycles. The molecule has 4 aromatic rings. The Labute approximate surface area is 147 Å². The Hall–Kier alpha value is -3.12. The summed E-state index contributed by atoms with van der Waals surface area (Å²) in [5.74, 6) is 0. The summed E-state index contributed by atoms with van der Waals surface area (Å²) >= 11 is 0. The van der Waals surface area contributed by atoms with E-state index < -0.39 is 0 Å². The molecule has 0 spiro atoms. The fourth-order valence-corrected chi connectivity index (χ4v) is 3.84. The molecule has 0 heterocycles. The first-order valence-electron chi connectivity index (χ1n) is 8.69. The van der Waals surface area contributed by atoms with Gasteiger partial charge in [-0.1, -0.05) is 91.0 Å². The lowest BCUT2D eigenvalue weighted by Crippen LogP contribution is -1.91. The first-order valence-corrected chi connectivity index (χ1v) is 8.69. The summed E-state index contributed by atoms with van der Waals surface area (Å²) in [6.45, 7) is 0. The van der Waals surface area contributed by atoms with Crippen LogP contribution in [0.25, 0.3) is 32.7 Å². The van der Waals surface area contributed by atoms with Gasteiger partial charge in [-0.15, -0.1) is 0 Å². The highest BCUT2D eigenvalue weighted by Gasteiger charge is 2.18. The van der Waals surface area contributed by atoms with Crippen LogP contribution in [0.4, 0.5) is 0 Å². The topological polar surface area (TPSA) is 0 Å². The van der Waals surface area contributed by atoms with Gasteiger partial charge >= 0.3 is 0 Å². The maximum atomic E-state index is 3.60. The minimum Gasteiger partial charge on any atom is -0.0716 e. The largest absolute Gasteiger partial charge is 0.0716 e. The van der Waals surface area contributed by atoms with Crippen molar-refractivity contribution in [3.8, 4) is 0 Å². The lowest BCUT2D eigenvalue weighted by Gasteiger charge is -2.14. The van der Waals surface area contributed by atoms with Crippen LogP contribution in [0.3, 0.4) is 0 Å². The van der Waals surface area contributed by atoms with E-state index in [-0.39, 0.29) is 0 Å². The number of benzene rings is 4. The van der Waals surface area contributed by atoms with Crippen molar-refractivity contribution >= 4 is 32.7 Å². The number of hydrogen-bond acceptors (Lipinski definition) is 0. The Morgan fingerprint density at radius 1 is 0.560 bits per heavy atom. The van der Waals surface area contributed by atoms with Crippen molar-refractivity contribution in [1.82, 2.24) is 0 Å². The molecule has 0 heteroatoms. The van der Waals surface area contributed by atoms with E-state index in [2.05, 4.69) is 97.1 Å². The minimum absolute atomic E-state index is 0.872. The maximum absolute atomic E-state index is 3.60. The maximum Gasteiger partial charge on any atom is -0.00637 e. The third kappa shape index (κ3) is 2.30. The van der Waals surface area contributed by atoms with Gasteiger partial charge in [0, 0.05) is 0 Å². The van der Waals surface area contributed by atoms with E-state index in [0.717, 1.165) is 6.42 Å².